The summed E-state index contributed by atoms with van der Waals surface area (Å²) in [4.78, 5) is 6.94. The molecule has 1 aromatic rings. The molecular formula is C23H42N4O3. The van der Waals surface area contributed by atoms with Crippen LogP contribution in [0.25, 0.3) is 0 Å². The maximum atomic E-state index is 5.94. The largest absolute Gasteiger partial charge is 0.491 e. The van der Waals surface area contributed by atoms with Crippen molar-refractivity contribution < 1.29 is 14.2 Å². The van der Waals surface area contributed by atoms with Gasteiger partial charge in [-0.2, -0.15) is 0 Å². The highest BCUT2D eigenvalue weighted by Crippen LogP contribution is 2.21. The lowest BCUT2D eigenvalue weighted by atomic mass is 10.1. The number of nitrogens with one attached hydrogen (secondary N) is 2. The Morgan fingerprint density at radius 3 is 2.57 bits per heavy atom. The van der Waals surface area contributed by atoms with Crippen molar-refractivity contribution in [1.29, 1.82) is 0 Å². The van der Waals surface area contributed by atoms with Crippen LogP contribution in [0.4, 0.5) is 0 Å². The maximum absolute atomic E-state index is 5.94. The molecule has 0 aliphatic carbocycles. The average Bonchev–Trinajstić information content (AvgIpc) is 2.72. The molecule has 1 unspecified atom stereocenters. The Balaban J connectivity index is 2.74. The molecule has 0 aliphatic rings. The second-order valence-electron chi connectivity index (χ2n) is 7.40. The van der Waals surface area contributed by atoms with Crippen molar-refractivity contribution in [3.8, 4) is 5.75 Å². The van der Waals surface area contributed by atoms with Gasteiger partial charge in [0.15, 0.2) is 5.96 Å². The molecule has 0 saturated heterocycles. The van der Waals surface area contributed by atoms with Crippen molar-refractivity contribution in [1.82, 2.24) is 15.5 Å². The average molecular weight is 423 g/mol. The van der Waals surface area contributed by atoms with Crippen LogP contribution in [0.1, 0.15) is 38.3 Å². The van der Waals surface area contributed by atoms with Crippen LogP contribution in [-0.4, -0.2) is 77.1 Å². The van der Waals surface area contributed by atoms with Crippen molar-refractivity contribution in [3.63, 3.8) is 0 Å². The van der Waals surface area contributed by atoms with Crippen LogP contribution in [-0.2, 0) is 16.0 Å². The minimum Gasteiger partial charge on any atom is -0.491 e. The number of rotatable bonds is 15. The van der Waals surface area contributed by atoms with E-state index in [4.69, 9.17) is 19.2 Å². The van der Waals surface area contributed by atoms with Gasteiger partial charge in [-0.15, -0.1) is 0 Å². The van der Waals surface area contributed by atoms with Crippen LogP contribution in [0.5, 0.6) is 5.75 Å². The lowest BCUT2D eigenvalue weighted by Gasteiger charge is -2.21. The van der Waals surface area contributed by atoms with Crippen LogP contribution in [0.2, 0.25) is 0 Å². The van der Waals surface area contributed by atoms with Gasteiger partial charge in [0.05, 0.1) is 19.3 Å². The first kappa shape index (κ1) is 26.2. The number of guanidine groups is 1. The predicted molar refractivity (Wildman–Crippen MR) is 125 cm³/mol. The summed E-state index contributed by atoms with van der Waals surface area (Å²) < 4.78 is 17.2. The maximum Gasteiger partial charge on any atom is 0.191 e. The number of aliphatic imine (C=N–C) groups is 1. The smallest absolute Gasteiger partial charge is 0.191 e. The Hall–Kier alpha value is -1.83. The second kappa shape index (κ2) is 15.9. The third-order valence-corrected chi connectivity index (χ3v) is 4.46. The van der Waals surface area contributed by atoms with E-state index < -0.39 is 0 Å². The highest BCUT2D eigenvalue weighted by Gasteiger charge is 2.11. The summed E-state index contributed by atoms with van der Waals surface area (Å²) in [6, 6.07) is 6.23. The monoisotopic (exact) mass is 422 g/mol. The van der Waals surface area contributed by atoms with E-state index in [1.165, 1.54) is 5.56 Å². The molecule has 0 heterocycles. The van der Waals surface area contributed by atoms with E-state index in [-0.39, 0.29) is 6.10 Å². The molecule has 0 saturated carbocycles. The first-order valence-electron chi connectivity index (χ1n) is 11.1. The first-order valence-corrected chi connectivity index (χ1v) is 11.1. The molecule has 2 N–H and O–H groups in total. The van der Waals surface area contributed by atoms with Crippen LogP contribution in [0, 0.1) is 6.92 Å². The Labute approximate surface area is 183 Å². The summed E-state index contributed by atoms with van der Waals surface area (Å²) in [7, 11) is 4.16. The number of ether oxygens (including phenoxy) is 3. The molecule has 1 atom stereocenters. The Kier molecular flexibility index (Phi) is 13.9. The minimum atomic E-state index is 0.151. The molecule has 0 amide bonds. The van der Waals surface area contributed by atoms with Crippen molar-refractivity contribution in [2.75, 3.05) is 60.2 Å². The molecule has 0 fully saturated rings. The van der Waals surface area contributed by atoms with E-state index >= 15 is 0 Å². The van der Waals surface area contributed by atoms with Crippen LogP contribution >= 0.6 is 0 Å². The van der Waals surface area contributed by atoms with Crippen molar-refractivity contribution in [2.45, 2.75) is 46.8 Å². The predicted octanol–water partition coefficient (Wildman–Crippen LogP) is 2.82. The zero-order valence-corrected chi connectivity index (χ0v) is 19.8. The lowest BCUT2D eigenvalue weighted by molar-refractivity contribution is 0.0548. The van der Waals surface area contributed by atoms with Gasteiger partial charge in [-0.3, -0.25) is 0 Å². The standard InChI is InChI=1S/C23H42N4O3/c1-7-24-23(26-18-21(29-9-3)12-13-27(5)6)25-17-20-11-10-19(4)16-22(20)30-15-14-28-8-2/h10-11,16,21H,7-9,12-15,17-18H2,1-6H3,(H2,24,25,26). The zero-order chi connectivity index (χ0) is 22.2. The third kappa shape index (κ3) is 11.4. The van der Waals surface area contributed by atoms with Gasteiger partial charge in [0.25, 0.3) is 0 Å². The summed E-state index contributed by atoms with van der Waals surface area (Å²) in [6.45, 7) is 13.7. The lowest BCUT2D eigenvalue weighted by Crippen LogP contribution is -2.42. The second-order valence-corrected chi connectivity index (χ2v) is 7.40. The Morgan fingerprint density at radius 1 is 1.10 bits per heavy atom. The normalized spacial score (nSPS) is 12.8. The highest BCUT2D eigenvalue weighted by molar-refractivity contribution is 5.79. The summed E-state index contributed by atoms with van der Waals surface area (Å²) >= 11 is 0. The molecule has 7 nitrogen and oxygen atoms in total. The van der Waals surface area contributed by atoms with Crippen LogP contribution in [0.15, 0.2) is 23.2 Å². The van der Waals surface area contributed by atoms with E-state index in [9.17, 15) is 0 Å². The molecule has 0 radical (unpaired) electrons. The van der Waals surface area contributed by atoms with Gasteiger partial charge < -0.3 is 29.7 Å². The van der Waals surface area contributed by atoms with E-state index in [0.29, 0.717) is 33.0 Å². The summed E-state index contributed by atoms with van der Waals surface area (Å²) in [5.41, 5.74) is 2.22. The number of nitrogens with zero attached hydrogens (tertiary/aromatic N) is 2. The number of aryl methyl sites for hydroxylation is 1. The van der Waals surface area contributed by atoms with Gasteiger partial charge in [0.1, 0.15) is 12.4 Å². The van der Waals surface area contributed by atoms with Gasteiger partial charge in [0.2, 0.25) is 0 Å². The summed E-state index contributed by atoms with van der Waals surface area (Å²) in [6.07, 6.45) is 1.13. The fourth-order valence-electron chi connectivity index (χ4n) is 2.88. The van der Waals surface area contributed by atoms with Crippen molar-refractivity contribution >= 4 is 5.96 Å². The van der Waals surface area contributed by atoms with Gasteiger partial charge in [-0.1, -0.05) is 12.1 Å². The Bertz CT molecular complexity index is 608. The third-order valence-electron chi connectivity index (χ3n) is 4.46. The topological polar surface area (TPSA) is 67.4 Å². The molecule has 1 aromatic carbocycles. The molecule has 0 aliphatic heterocycles. The molecule has 7 heteroatoms. The van der Waals surface area contributed by atoms with Crippen LogP contribution < -0.4 is 15.4 Å². The highest BCUT2D eigenvalue weighted by atomic mass is 16.5. The van der Waals surface area contributed by atoms with Crippen LogP contribution in [0.3, 0.4) is 0 Å². The molecule has 0 spiro atoms. The van der Waals surface area contributed by atoms with E-state index in [0.717, 1.165) is 43.3 Å². The molecule has 30 heavy (non-hydrogen) atoms. The molecular weight excluding hydrogens is 380 g/mol. The summed E-state index contributed by atoms with van der Waals surface area (Å²) in [5.74, 6) is 1.65. The number of hydrogen-bond donors (Lipinski definition) is 2. The number of benzene rings is 1. The fourth-order valence-corrected chi connectivity index (χ4v) is 2.88. The van der Waals surface area contributed by atoms with Gasteiger partial charge >= 0.3 is 0 Å². The van der Waals surface area contributed by atoms with Gasteiger partial charge in [0, 0.05) is 38.4 Å². The quantitative estimate of drug-likeness (QED) is 0.257. The van der Waals surface area contributed by atoms with Crippen molar-refractivity contribution in [3.05, 3.63) is 29.3 Å². The summed E-state index contributed by atoms with van der Waals surface area (Å²) in [5, 5.41) is 6.74. The van der Waals surface area contributed by atoms with Gasteiger partial charge in [-0.05, 0) is 59.8 Å². The molecule has 1 rings (SSSR count). The fraction of sp³-hybridized carbons (Fsp3) is 0.696. The molecule has 172 valence electrons. The van der Waals surface area contributed by atoms with E-state index in [1.807, 2.05) is 13.8 Å². The minimum absolute atomic E-state index is 0.151. The first-order chi connectivity index (χ1) is 14.5. The van der Waals surface area contributed by atoms with Gasteiger partial charge in [-0.25, -0.2) is 4.99 Å². The molecule has 0 bridgehead atoms. The Morgan fingerprint density at radius 2 is 1.90 bits per heavy atom. The van der Waals surface area contributed by atoms with Crippen molar-refractivity contribution in [2.24, 2.45) is 4.99 Å². The molecule has 0 aromatic heterocycles. The number of hydrogen-bond acceptors (Lipinski definition) is 5. The van der Waals surface area contributed by atoms with E-state index in [1.54, 1.807) is 0 Å². The van der Waals surface area contributed by atoms with E-state index in [2.05, 4.69) is 61.7 Å². The zero-order valence-electron chi connectivity index (χ0n) is 19.8. The SMILES string of the molecule is CCNC(=NCc1ccc(C)cc1OCCOCC)NCC(CCN(C)C)OCC.